The molecule has 0 atom stereocenters. The summed E-state index contributed by atoms with van der Waals surface area (Å²) in [6.45, 7) is 10.3. The normalized spacial score (nSPS) is 11.5. The zero-order valence-corrected chi connectivity index (χ0v) is 28.4. The van der Waals surface area contributed by atoms with E-state index in [0.29, 0.717) is 19.6 Å². The first-order valence-corrected chi connectivity index (χ1v) is 17.4. The Balaban J connectivity index is 0.000000281. The maximum atomic E-state index is 4.51. The third-order valence-electron chi connectivity index (χ3n) is 6.62. The van der Waals surface area contributed by atoms with Gasteiger partial charge in [0.05, 0.1) is 26.0 Å². The molecular weight excluding hydrogens is 655 g/mol. The molecule has 3 heterocycles. The quantitative estimate of drug-likeness (QED) is 0.141. The van der Waals surface area contributed by atoms with E-state index in [0.717, 1.165) is 53.8 Å². The zero-order valence-electron chi connectivity index (χ0n) is 25.5. The number of benzene rings is 2. The molecule has 0 radical (unpaired) electrons. The summed E-state index contributed by atoms with van der Waals surface area (Å²) < 4.78 is 3.08. The Bertz CT molecular complexity index is 1420. The number of hydrogen-bond acceptors (Lipinski definition) is 7. The van der Waals surface area contributed by atoms with E-state index in [9.17, 15) is 0 Å². The van der Waals surface area contributed by atoms with Crippen LogP contribution in [0.25, 0.3) is 0 Å². The number of imidazole rings is 3. The Kier molecular flexibility index (Phi) is 13.8. The van der Waals surface area contributed by atoms with Crippen LogP contribution >= 0.6 is 0 Å². The minimum atomic E-state index is -0.517. The molecule has 0 spiro atoms. The molecule has 44 heavy (non-hydrogen) atoms. The summed E-state index contributed by atoms with van der Waals surface area (Å²) in [6.07, 6.45) is 10.2. The van der Waals surface area contributed by atoms with Crippen molar-refractivity contribution in [1.29, 1.82) is 0 Å². The van der Waals surface area contributed by atoms with Crippen molar-refractivity contribution in [3.8, 4) is 0 Å². The SMILES string of the molecule is Cc1nc[n-]c1C=NCCN(CCN=Cc1nc[nH]c1C)CCN=Cc1[n-]cnc1C.c1cc[c]([Sn+2][c]2ccccc2)cc1. The molecule has 0 aliphatic rings. The van der Waals surface area contributed by atoms with Crippen LogP contribution in [0.3, 0.4) is 0 Å². The summed E-state index contributed by atoms with van der Waals surface area (Å²) in [6, 6.07) is 21.6. The molecule has 1 N–H and O–H groups in total. The van der Waals surface area contributed by atoms with Crippen LogP contribution in [0.15, 0.2) is 94.6 Å². The topological polar surface area (TPSA) is 123 Å². The number of nitrogens with one attached hydrogen (secondary N) is 1. The molecule has 5 rings (SSSR count). The van der Waals surface area contributed by atoms with Gasteiger partial charge >= 0.3 is 89.0 Å². The van der Waals surface area contributed by atoms with E-state index in [2.05, 4.69) is 110 Å². The van der Waals surface area contributed by atoms with Gasteiger partial charge in [0.25, 0.3) is 0 Å². The van der Waals surface area contributed by atoms with E-state index < -0.39 is 21.1 Å². The maximum absolute atomic E-state index is 4.51. The Hall–Kier alpha value is -4.16. The third kappa shape index (κ3) is 11.5. The first-order chi connectivity index (χ1) is 21.6. The summed E-state index contributed by atoms with van der Waals surface area (Å²) in [4.78, 5) is 39.7. The van der Waals surface area contributed by atoms with Crippen LogP contribution in [0.2, 0.25) is 0 Å². The van der Waals surface area contributed by atoms with Crippen molar-refractivity contribution in [3.05, 3.63) is 114 Å². The fourth-order valence-electron chi connectivity index (χ4n) is 4.02. The van der Waals surface area contributed by atoms with Gasteiger partial charge in [0.1, 0.15) is 5.69 Å². The first kappa shape index (κ1) is 32.7. The number of H-pyrrole nitrogens is 1. The average Bonchev–Trinajstić information content (AvgIpc) is 3.77. The van der Waals surface area contributed by atoms with Crippen molar-refractivity contribution < 1.29 is 0 Å². The molecule has 2 aromatic carbocycles. The van der Waals surface area contributed by atoms with Crippen LogP contribution in [0.5, 0.6) is 0 Å². The van der Waals surface area contributed by atoms with Crippen LogP contribution < -0.4 is 17.1 Å². The molecule has 0 fully saturated rings. The molecule has 0 saturated heterocycles. The summed E-state index contributed by atoms with van der Waals surface area (Å²) in [5.74, 6) is 0. The molecule has 0 unspecified atom stereocenters. The van der Waals surface area contributed by atoms with Crippen molar-refractivity contribution >= 4 is 46.9 Å². The molecule has 0 amide bonds. The van der Waals surface area contributed by atoms with E-state index in [-0.39, 0.29) is 0 Å². The Labute approximate surface area is 269 Å². The molecule has 11 heteroatoms. The standard InChI is InChI=1S/C21H28N10.2C6H5.Sn/c1-16-19(28-13-25-16)10-22-4-7-31(8-5-23-11-20-17(2)26-14-29-20)9-6-24-12-21-18(3)27-15-30-21;2*1-2-4-6-5-3-1;/h10-15H,4-9H2,1-3H3,(H-2,25,26,27,28,29,30);2*1-5H;/q-2;;;+2. The van der Waals surface area contributed by atoms with Crippen molar-refractivity contribution in [2.45, 2.75) is 20.8 Å². The molecule has 0 aliphatic carbocycles. The van der Waals surface area contributed by atoms with E-state index >= 15 is 0 Å². The molecule has 0 saturated carbocycles. The minimum absolute atomic E-state index is 0.517. The van der Waals surface area contributed by atoms with E-state index in [1.165, 1.54) is 7.16 Å². The Morgan fingerprint density at radius 2 is 1.16 bits per heavy atom. The van der Waals surface area contributed by atoms with Crippen molar-refractivity contribution in [3.63, 3.8) is 0 Å². The van der Waals surface area contributed by atoms with Crippen LogP contribution in [-0.2, 0) is 0 Å². The van der Waals surface area contributed by atoms with Gasteiger partial charge in [-0.05, 0) is 32.2 Å². The second kappa shape index (κ2) is 18.5. The predicted molar refractivity (Wildman–Crippen MR) is 180 cm³/mol. The zero-order chi connectivity index (χ0) is 30.8. The van der Waals surface area contributed by atoms with Crippen LogP contribution in [0.1, 0.15) is 34.2 Å². The molecule has 0 bridgehead atoms. The summed E-state index contributed by atoms with van der Waals surface area (Å²) in [5.41, 5.74) is 5.31. The van der Waals surface area contributed by atoms with Gasteiger partial charge < -0.3 is 24.9 Å². The number of hydrogen-bond donors (Lipinski definition) is 1. The van der Waals surface area contributed by atoms with Gasteiger partial charge in [-0.15, -0.1) is 0 Å². The number of rotatable bonds is 14. The summed E-state index contributed by atoms with van der Waals surface area (Å²) >= 11 is -0.517. The molecule has 3 aromatic heterocycles. The molecule has 224 valence electrons. The van der Waals surface area contributed by atoms with E-state index in [1.54, 1.807) is 31.4 Å². The van der Waals surface area contributed by atoms with Crippen molar-refractivity contribution in [2.75, 3.05) is 39.3 Å². The summed E-state index contributed by atoms with van der Waals surface area (Å²) in [5, 5.41) is 0. The third-order valence-corrected chi connectivity index (χ3v) is 10.2. The van der Waals surface area contributed by atoms with Crippen LogP contribution in [0.4, 0.5) is 0 Å². The fourth-order valence-corrected chi connectivity index (χ4v) is 7.02. The van der Waals surface area contributed by atoms with Crippen molar-refractivity contribution in [2.24, 2.45) is 15.0 Å². The monoisotopic (exact) mass is 694 g/mol. The Morgan fingerprint density at radius 3 is 1.57 bits per heavy atom. The summed E-state index contributed by atoms with van der Waals surface area (Å²) in [7, 11) is 0. The second-order valence-corrected chi connectivity index (χ2v) is 13.9. The van der Waals surface area contributed by atoms with E-state index in [1.807, 2.05) is 27.0 Å². The van der Waals surface area contributed by atoms with Gasteiger partial charge in [0.15, 0.2) is 0 Å². The van der Waals surface area contributed by atoms with Gasteiger partial charge in [-0.2, -0.15) is 0 Å². The number of aliphatic imine (C=N–C) groups is 3. The van der Waals surface area contributed by atoms with Gasteiger partial charge in [0, 0.05) is 44.0 Å². The van der Waals surface area contributed by atoms with Crippen LogP contribution in [-0.4, -0.2) is 104 Å². The molecule has 5 aromatic rings. The van der Waals surface area contributed by atoms with Gasteiger partial charge in [0.2, 0.25) is 0 Å². The van der Waals surface area contributed by atoms with Gasteiger partial charge in [-0.25, -0.2) is 4.98 Å². The predicted octanol–water partition coefficient (Wildman–Crippen LogP) is 2.34. The average molecular weight is 693 g/mol. The van der Waals surface area contributed by atoms with Crippen molar-refractivity contribution in [1.82, 2.24) is 34.8 Å². The second-order valence-electron chi connectivity index (χ2n) is 9.91. The number of nitrogens with zero attached hydrogens (tertiary/aromatic N) is 9. The molecular formula is C33H38N10Sn. The number of aryl methyl sites for hydroxylation is 3. The first-order valence-electron chi connectivity index (χ1n) is 14.6. The fraction of sp³-hybridized carbons (Fsp3) is 0.273. The number of aromatic amines is 1. The number of aromatic nitrogens is 6. The van der Waals surface area contributed by atoms with Gasteiger partial charge in [-0.1, -0.05) is 24.0 Å². The van der Waals surface area contributed by atoms with Gasteiger partial charge in [-0.3, -0.25) is 19.9 Å². The Morgan fingerprint density at radius 1 is 0.682 bits per heavy atom. The van der Waals surface area contributed by atoms with Crippen LogP contribution in [0, 0.1) is 20.8 Å². The molecule has 0 aliphatic heterocycles. The van der Waals surface area contributed by atoms with E-state index in [4.69, 9.17) is 0 Å². The molecule has 10 nitrogen and oxygen atoms in total.